The summed E-state index contributed by atoms with van der Waals surface area (Å²) in [7, 11) is 1.88. The monoisotopic (exact) mass is 254 g/mol. The number of hydrogen-bond donors (Lipinski definition) is 0. The molecule has 0 fully saturated rings. The Hall–Kier alpha value is -2.34. The van der Waals surface area contributed by atoms with E-state index in [-0.39, 0.29) is 5.82 Å². The Morgan fingerprint density at radius 1 is 1.16 bits per heavy atom. The van der Waals surface area contributed by atoms with Gasteiger partial charge in [-0.2, -0.15) is 5.26 Å². The van der Waals surface area contributed by atoms with Crippen molar-refractivity contribution in [3.63, 3.8) is 0 Å². The van der Waals surface area contributed by atoms with Gasteiger partial charge in [0.2, 0.25) is 0 Å². The molecule has 0 aliphatic heterocycles. The third-order valence-electron chi connectivity index (χ3n) is 2.99. The van der Waals surface area contributed by atoms with Crippen LogP contribution < -0.4 is 4.90 Å². The van der Waals surface area contributed by atoms with Crippen LogP contribution in [0.4, 0.5) is 10.1 Å². The molecule has 2 aromatic carbocycles. The van der Waals surface area contributed by atoms with Crippen LogP contribution in [0.15, 0.2) is 42.5 Å². The number of benzene rings is 2. The van der Waals surface area contributed by atoms with Gasteiger partial charge >= 0.3 is 0 Å². The second-order valence-electron chi connectivity index (χ2n) is 4.65. The highest BCUT2D eigenvalue weighted by atomic mass is 19.1. The quantitative estimate of drug-likeness (QED) is 0.836. The number of nitrogens with zero attached hydrogens (tertiary/aromatic N) is 2. The molecule has 3 heteroatoms. The van der Waals surface area contributed by atoms with Crippen molar-refractivity contribution in [3.05, 3.63) is 65.0 Å². The first-order valence-corrected chi connectivity index (χ1v) is 6.06. The van der Waals surface area contributed by atoms with Gasteiger partial charge in [0.25, 0.3) is 0 Å². The zero-order valence-electron chi connectivity index (χ0n) is 11.0. The summed E-state index contributed by atoms with van der Waals surface area (Å²) in [6.07, 6.45) is 0. The summed E-state index contributed by atoms with van der Waals surface area (Å²) in [6, 6.07) is 14.5. The van der Waals surface area contributed by atoms with Crippen molar-refractivity contribution in [2.24, 2.45) is 0 Å². The summed E-state index contributed by atoms with van der Waals surface area (Å²) in [5.74, 6) is -0.384. The molecular formula is C16H15FN2. The maximum atomic E-state index is 13.4. The summed E-state index contributed by atoms with van der Waals surface area (Å²) in [6.45, 7) is 2.72. The summed E-state index contributed by atoms with van der Waals surface area (Å²) in [5.41, 5.74) is 3.41. The molecule has 2 aromatic rings. The fraction of sp³-hybridized carbons (Fsp3) is 0.188. The van der Waals surface area contributed by atoms with E-state index in [1.54, 1.807) is 6.07 Å². The van der Waals surface area contributed by atoms with Crippen LogP contribution in [0.25, 0.3) is 0 Å². The van der Waals surface area contributed by atoms with E-state index in [1.165, 1.54) is 17.7 Å². The molecule has 0 radical (unpaired) electrons. The van der Waals surface area contributed by atoms with E-state index in [9.17, 15) is 4.39 Å². The molecule has 96 valence electrons. The van der Waals surface area contributed by atoms with E-state index in [1.807, 2.05) is 24.9 Å². The molecule has 0 N–H and O–H groups in total. The third-order valence-corrected chi connectivity index (χ3v) is 2.99. The van der Waals surface area contributed by atoms with E-state index in [4.69, 9.17) is 5.26 Å². The van der Waals surface area contributed by atoms with Gasteiger partial charge in [-0.25, -0.2) is 4.39 Å². The van der Waals surface area contributed by atoms with Gasteiger partial charge in [0.05, 0.1) is 11.6 Å². The lowest BCUT2D eigenvalue weighted by molar-refractivity contribution is 0.626. The van der Waals surface area contributed by atoms with Crippen LogP contribution in [0.1, 0.15) is 16.7 Å². The van der Waals surface area contributed by atoms with Crippen LogP contribution in [0.2, 0.25) is 0 Å². The molecule has 0 bridgehead atoms. The molecule has 0 aromatic heterocycles. The third kappa shape index (κ3) is 3.32. The average Bonchev–Trinajstić information content (AvgIpc) is 2.40. The summed E-state index contributed by atoms with van der Waals surface area (Å²) < 4.78 is 13.4. The van der Waals surface area contributed by atoms with Crippen LogP contribution >= 0.6 is 0 Å². The van der Waals surface area contributed by atoms with Gasteiger partial charge < -0.3 is 4.90 Å². The van der Waals surface area contributed by atoms with Crippen molar-refractivity contribution < 1.29 is 4.39 Å². The maximum Gasteiger partial charge on any atom is 0.126 e. The average molecular weight is 254 g/mol. The van der Waals surface area contributed by atoms with Crippen molar-refractivity contribution in [2.45, 2.75) is 13.5 Å². The van der Waals surface area contributed by atoms with Crippen molar-refractivity contribution in [1.82, 2.24) is 0 Å². The molecular weight excluding hydrogens is 239 g/mol. The van der Waals surface area contributed by atoms with Crippen molar-refractivity contribution in [3.8, 4) is 6.07 Å². The first-order chi connectivity index (χ1) is 9.08. The topological polar surface area (TPSA) is 27.0 Å². The van der Waals surface area contributed by atoms with E-state index in [2.05, 4.69) is 24.3 Å². The second kappa shape index (κ2) is 5.53. The van der Waals surface area contributed by atoms with Gasteiger partial charge in [-0.15, -0.1) is 0 Å². The SMILES string of the molecule is Cc1ccc(CN(C)c2cc(F)cc(C#N)c2)cc1. The Morgan fingerprint density at radius 2 is 1.84 bits per heavy atom. The molecule has 0 amide bonds. The molecule has 0 atom stereocenters. The summed E-state index contributed by atoms with van der Waals surface area (Å²) in [4.78, 5) is 1.93. The highest BCUT2D eigenvalue weighted by molar-refractivity contribution is 5.51. The molecule has 0 aliphatic carbocycles. The highest BCUT2D eigenvalue weighted by Gasteiger charge is 2.06. The lowest BCUT2D eigenvalue weighted by Crippen LogP contribution is -2.16. The number of anilines is 1. The van der Waals surface area contributed by atoms with E-state index < -0.39 is 0 Å². The standard InChI is InChI=1S/C16H15FN2/c1-12-3-5-13(6-4-12)11-19(2)16-8-14(10-18)7-15(17)9-16/h3-9H,11H2,1-2H3. The Bertz CT molecular complexity index is 612. The highest BCUT2D eigenvalue weighted by Crippen LogP contribution is 2.19. The lowest BCUT2D eigenvalue weighted by Gasteiger charge is -2.19. The van der Waals surface area contributed by atoms with Gasteiger partial charge in [0.1, 0.15) is 5.82 Å². The molecule has 19 heavy (non-hydrogen) atoms. The minimum atomic E-state index is -0.384. The van der Waals surface area contributed by atoms with Gasteiger partial charge in [-0.1, -0.05) is 29.8 Å². The van der Waals surface area contributed by atoms with Crippen molar-refractivity contribution in [2.75, 3.05) is 11.9 Å². The molecule has 0 unspecified atom stereocenters. The summed E-state index contributed by atoms with van der Waals surface area (Å²) in [5, 5.41) is 8.85. The number of rotatable bonds is 3. The Kier molecular flexibility index (Phi) is 3.82. The van der Waals surface area contributed by atoms with Gasteiger partial charge in [0.15, 0.2) is 0 Å². The van der Waals surface area contributed by atoms with Gasteiger partial charge in [0, 0.05) is 19.3 Å². The number of nitriles is 1. The molecule has 0 spiro atoms. The first-order valence-electron chi connectivity index (χ1n) is 6.06. The Morgan fingerprint density at radius 3 is 2.47 bits per heavy atom. The normalized spacial score (nSPS) is 10.0. The van der Waals surface area contributed by atoms with Crippen LogP contribution in [0, 0.1) is 24.1 Å². The molecule has 0 saturated carbocycles. The van der Waals surface area contributed by atoms with E-state index >= 15 is 0 Å². The number of aryl methyl sites for hydroxylation is 1. The van der Waals surface area contributed by atoms with Crippen molar-refractivity contribution >= 4 is 5.69 Å². The molecule has 2 nitrogen and oxygen atoms in total. The maximum absolute atomic E-state index is 13.4. The zero-order valence-corrected chi connectivity index (χ0v) is 11.0. The largest absolute Gasteiger partial charge is 0.370 e. The molecule has 2 rings (SSSR count). The number of halogens is 1. The van der Waals surface area contributed by atoms with Gasteiger partial charge in [-0.05, 0) is 30.7 Å². The fourth-order valence-corrected chi connectivity index (χ4v) is 1.92. The van der Waals surface area contributed by atoms with Crippen LogP contribution in [0.3, 0.4) is 0 Å². The molecule has 0 saturated heterocycles. The zero-order chi connectivity index (χ0) is 13.8. The first kappa shape index (κ1) is 13.1. The summed E-state index contributed by atoms with van der Waals surface area (Å²) >= 11 is 0. The van der Waals surface area contributed by atoms with E-state index in [0.29, 0.717) is 17.8 Å². The minimum Gasteiger partial charge on any atom is -0.370 e. The smallest absolute Gasteiger partial charge is 0.126 e. The Balaban J connectivity index is 2.20. The predicted molar refractivity (Wildman–Crippen MR) is 74.4 cm³/mol. The minimum absolute atomic E-state index is 0.339. The second-order valence-corrected chi connectivity index (χ2v) is 4.65. The van der Waals surface area contributed by atoms with Gasteiger partial charge in [-0.3, -0.25) is 0 Å². The van der Waals surface area contributed by atoms with Crippen LogP contribution in [-0.2, 0) is 6.54 Å². The molecule has 0 heterocycles. The lowest BCUT2D eigenvalue weighted by atomic mass is 10.1. The number of hydrogen-bond acceptors (Lipinski definition) is 2. The van der Waals surface area contributed by atoms with Crippen molar-refractivity contribution in [1.29, 1.82) is 5.26 Å². The van der Waals surface area contributed by atoms with Crippen LogP contribution in [-0.4, -0.2) is 7.05 Å². The van der Waals surface area contributed by atoms with Crippen LogP contribution in [0.5, 0.6) is 0 Å². The fourth-order valence-electron chi connectivity index (χ4n) is 1.92. The van der Waals surface area contributed by atoms with E-state index in [0.717, 1.165) is 5.56 Å². The molecule has 0 aliphatic rings. The Labute approximate surface area is 112 Å². The predicted octanol–water partition coefficient (Wildman–Crippen LogP) is 3.64.